The Hall–Kier alpha value is -1.80. The summed E-state index contributed by atoms with van der Waals surface area (Å²) in [5, 5.41) is 20.5. The number of nitro benzene ring substituents is 1. The van der Waals surface area contributed by atoms with Crippen molar-refractivity contribution in [2.45, 2.75) is 30.7 Å². The zero-order valence-corrected chi connectivity index (χ0v) is 14.5. The minimum Gasteiger partial charge on any atom is -0.481 e. The van der Waals surface area contributed by atoms with Crippen LogP contribution in [0, 0.1) is 16.0 Å². The highest BCUT2D eigenvalue weighted by molar-refractivity contribution is 8.00. The van der Waals surface area contributed by atoms with Gasteiger partial charge in [-0.15, -0.1) is 11.8 Å². The molecule has 9 heteroatoms. The van der Waals surface area contributed by atoms with Gasteiger partial charge in [-0.1, -0.05) is 11.6 Å². The Morgan fingerprint density at radius 1 is 1.50 bits per heavy atom. The van der Waals surface area contributed by atoms with Gasteiger partial charge in [-0.05, 0) is 31.9 Å². The number of hydrogen-bond acceptors (Lipinski definition) is 5. The molecule has 0 radical (unpaired) electrons. The number of nitro groups is 1. The van der Waals surface area contributed by atoms with Gasteiger partial charge in [0, 0.05) is 23.7 Å². The van der Waals surface area contributed by atoms with Crippen LogP contribution in [0.25, 0.3) is 0 Å². The summed E-state index contributed by atoms with van der Waals surface area (Å²) in [5.41, 5.74) is -0.143. The van der Waals surface area contributed by atoms with Crippen molar-refractivity contribution in [2.75, 3.05) is 12.3 Å². The van der Waals surface area contributed by atoms with Gasteiger partial charge in [-0.2, -0.15) is 0 Å². The lowest BCUT2D eigenvalue weighted by molar-refractivity contribution is -0.387. The molecule has 1 aromatic carbocycles. The third-order valence-corrected chi connectivity index (χ3v) is 5.38. The number of aliphatic carboxylic acids is 1. The number of hydrogen-bond donors (Lipinski definition) is 1. The molecule has 1 amide bonds. The summed E-state index contributed by atoms with van der Waals surface area (Å²) in [4.78, 5) is 36.1. The fourth-order valence-corrected chi connectivity index (χ4v) is 3.86. The summed E-state index contributed by atoms with van der Waals surface area (Å²) in [6, 6.07) is 3.91. The van der Waals surface area contributed by atoms with Crippen LogP contribution in [0.2, 0.25) is 5.02 Å². The number of piperidine rings is 1. The third kappa shape index (κ3) is 4.18. The maximum absolute atomic E-state index is 12.4. The molecule has 24 heavy (non-hydrogen) atoms. The van der Waals surface area contributed by atoms with Crippen molar-refractivity contribution in [3.63, 3.8) is 0 Å². The predicted octanol–water partition coefficient (Wildman–Crippen LogP) is 3.05. The van der Waals surface area contributed by atoms with E-state index in [2.05, 4.69) is 0 Å². The largest absolute Gasteiger partial charge is 0.481 e. The second kappa shape index (κ2) is 7.85. The van der Waals surface area contributed by atoms with E-state index in [-0.39, 0.29) is 28.4 Å². The van der Waals surface area contributed by atoms with Crippen LogP contribution in [-0.2, 0) is 9.59 Å². The lowest BCUT2D eigenvalue weighted by Crippen LogP contribution is -2.49. The normalized spacial score (nSPS) is 20.7. The van der Waals surface area contributed by atoms with Crippen LogP contribution in [0.5, 0.6) is 0 Å². The van der Waals surface area contributed by atoms with Gasteiger partial charge in [-0.3, -0.25) is 19.7 Å². The Kier molecular flexibility index (Phi) is 6.06. The monoisotopic (exact) mass is 372 g/mol. The number of carboxylic acid groups (broad SMARTS) is 1. The first-order valence-corrected chi connectivity index (χ1v) is 8.76. The zero-order chi connectivity index (χ0) is 17.9. The number of likely N-dealkylation sites (tertiary alicyclic amines) is 1. The third-order valence-electron chi connectivity index (χ3n) is 4.09. The van der Waals surface area contributed by atoms with Crippen molar-refractivity contribution in [2.24, 2.45) is 5.92 Å². The molecule has 1 heterocycles. The van der Waals surface area contributed by atoms with Gasteiger partial charge in [0.25, 0.3) is 5.69 Å². The van der Waals surface area contributed by atoms with Crippen LogP contribution in [0.3, 0.4) is 0 Å². The van der Waals surface area contributed by atoms with Crippen molar-refractivity contribution < 1.29 is 19.6 Å². The average Bonchev–Trinajstić information content (AvgIpc) is 2.53. The van der Waals surface area contributed by atoms with Crippen LogP contribution in [0.4, 0.5) is 5.69 Å². The van der Waals surface area contributed by atoms with Crippen LogP contribution >= 0.6 is 23.4 Å². The van der Waals surface area contributed by atoms with E-state index < -0.39 is 16.8 Å². The molecule has 130 valence electrons. The number of halogens is 1. The second-order valence-corrected chi connectivity index (χ2v) is 7.03. The molecule has 0 aliphatic carbocycles. The predicted molar refractivity (Wildman–Crippen MR) is 90.4 cm³/mol. The molecule has 0 aromatic heterocycles. The molecule has 2 atom stereocenters. The topological polar surface area (TPSA) is 101 Å². The summed E-state index contributed by atoms with van der Waals surface area (Å²) in [7, 11) is 0. The molecule has 0 unspecified atom stereocenters. The van der Waals surface area contributed by atoms with E-state index in [0.29, 0.717) is 24.3 Å². The molecule has 1 aliphatic heterocycles. The van der Waals surface area contributed by atoms with Gasteiger partial charge in [0.1, 0.15) is 0 Å². The fourth-order valence-electron chi connectivity index (χ4n) is 2.80. The van der Waals surface area contributed by atoms with Crippen molar-refractivity contribution in [3.05, 3.63) is 33.3 Å². The van der Waals surface area contributed by atoms with Gasteiger partial charge in [0.2, 0.25) is 5.91 Å². The van der Waals surface area contributed by atoms with E-state index in [1.807, 2.05) is 0 Å². The molecule has 0 saturated carbocycles. The Morgan fingerprint density at radius 2 is 2.21 bits per heavy atom. The zero-order valence-electron chi connectivity index (χ0n) is 13.0. The highest BCUT2D eigenvalue weighted by atomic mass is 35.5. The molecule has 7 nitrogen and oxygen atoms in total. The fraction of sp³-hybridized carbons (Fsp3) is 0.467. The van der Waals surface area contributed by atoms with Gasteiger partial charge >= 0.3 is 5.97 Å². The van der Waals surface area contributed by atoms with Gasteiger partial charge < -0.3 is 10.0 Å². The van der Waals surface area contributed by atoms with Crippen molar-refractivity contribution in [3.8, 4) is 0 Å². The summed E-state index contributed by atoms with van der Waals surface area (Å²) < 4.78 is 0. The number of thioether (sulfide) groups is 1. The molecular weight excluding hydrogens is 356 g/mol. The molecular formula is C15H17ClN2O5S. The van der Waals surface area contributed by atoms with E-state index in [0.717, 1.165) is 11.8 Å². The highest BCUT2D eigenvalue weighted by Gasteiger charge is 2.35. The Labute approximate surface area is 148 Å². The lowest BCUT2D eigenvalue weighted by atomic mass is 9.90. The molecule has 2 rings (SSSR count). The quantitative estimate of drug-likeness (QED) is 0.484. The first-order chi connectivity index (χ1) is 11.3. The molecule has 0 spiro atoms. The summed E-state index contributed by atoms with van der Waals surface area (Å²) >= 11 is 6.82. The van der Waals surface area contributed by atoms with Gasteiger partial charge in [0.15, 0.2) is 0 Å². The Morgan fingerprint density at radius 3 is 2.83 bits per heavy atom. The van der Waals surface area contributed by atoms with Crippen LogP contribution in [-0.4, -0.2) is 45.1 Å². The molecule has 1 aromatic rings. The number of carboxylic acids is 1. The van der Waals surface area contributed by atoms with E-state index in [1.54, 1.807) is 11.8 Å². The van der Waals surface area contributed by atoms with E-state index >= 15 is 0 Å². The SMILES string of the molecule is C[C@@H]1[C@H](C(=O)O)CCCN1C(=O)CSc1ccc(Cl)cc1[N+](=O)[O-]. The summed E-state index contributed by atoms with van der Waals surface area (Å²) in [6.45, 7) is 2.23. The number of carbonyl (C=O) groups excluding carboxylic acids is 1. The highest BCUT2D eigenvalue weighted by Crippen LogP contribution is 2.32. The minimum atomic E-state index is -0.902. The summed E-state index contributed by atoms with van der Waals surface area (Å²) in [6.07, 6.45) is 1.19. The second-order valence-electron chi connectivity index (χ2n) is 5.57. The van der Waals surface area contributed by atoms with Crippen LogP contribution in [0.15, 0.2) is 23.1 Å². The van der Waals surface area contributed by atoms with Crippen molar-refractivity contribution in [1.82, 2.24) is 4.90 Å². The number of carbonyl (C=O) groups is 2. The van der Waals surface area contributed by atoms with Gasteiger partial charge in [0.05, 0.1) is 21.5 Å². The number of amides is 1. The molecule has 0 bridgehead atoms. The van der Waals surface area contributed by atoms with E-state index in [4.69, 9.17) is 11.6 Å². The minimum absolute atomic E-state index is 0.0130. The van der Waals surface area contributed by atoms with Crippen molar-refractivity contribution >= 4 is 40.9 Å². The van der Waals surface area contributed by atoms with E-state index in [9.17, 15) is 24.8 Å². The summed E-state index contributed by atoms with van der Waals surface area (Å²) in [5.74, 6) is -1.68. The smallest absolute Gasteiger partial charge is 0.308 e. The average molecular weight is 373 g/mol. The van der Waals surface area contributed by atoms with Gasteiger partial charge in [-0.25, -0.2) is 0 Å². The lowest BCUT2D eigenvalue weighted by Gasteiger charge is -2.37. The number of benzene rings is 1. The molecule has 1 N–H and O–H groups in total. The molecule has 1 fully saturated rings. The molecule has 1 aliphatic rings. The maximum Gasteiger partial charge on any atom is 0.308 e. The number of rotatable bonds is 5. The number of nitrogens with zero attached hydrogens (tertiary/aromatic N) is 2. The first kappa shape index (κ1) is 18.5. The maximum atomic E-state index is 12.4. The van der Waals surface area contributed by atoms with E-state index in [1.165, 1.54) is 18.2 Å². The van der Waals surface area contributed by atoms with Crippen LogP contribution < -0.4 is 0 Å². The Balaban J connectivity index is 2.05. The standard InChI is InChI=1S/C15H17ClN2O5S/c1-9-11(15(20)21)3-2-6-17(9)14(19)8-24-13-5-4-10(16)7-12(13)18(22)23/h4-5,7,9,11H,2-3,6,8H2,1H3,(H,20,21)/t9-,11-/m1/s1. The Bertz CT molecular complexity index is 669. The van der Waals surface area contributed by atoms with Crippen LogP contribution in [0.1, 0.15) is 19.8 Å². The molecule has 1 saturated heterocycles. The first-order valence-electron chi connectivity index (χ1n) is 7.40. The van der Waals surface area contributed by atoms with Crippen molar-refractivity contribution in [1.29, 1.82) is 0 Å².